The van der Waals surface area contributed by atoms with Crippen molar-refractivity contribution in [1.29, 1.82) is 0 Å². The second-order valence-corrected chi connectivity index (χ2v) is 14.0. The molecule has 0 bridgehead atoms. The van der Waals surface area contributed by atoms with Crippen molar-refractivity contribution >= 4 is 14.1 Å². The van der Waals surface area contributed by atoms with Crippen LogP contribution in [0.4, 0.5) is 0 Å². The molecule has 1 fully saturated rings. The summed E-state index contributed by atoms with van der Waals surface area (Å²) >= 11 is 0. The molecule has 1 aromatic carbocycles. The molecule has 0 aromatic heterocycles. The number of ether oxygens (including phenoxy) is 2. The lowest BCUT2D eigenvalue weighted by Gasteiger charge is -2.43. The van der Waals surface area contributed by atoms with Crippen LogP contribution in [0, 0.1) is 0 Å². The summed E-state index contributed by atoms with van der Waals surface area (Å²) in [5, 5.41) is 0. The number of benzene rings is 1. The summed E-state index contributed by atoms with van der Waals surface area (Å²) in [6, 6.07) is 8.27. The quantitative estimate of drug-likeness (QED) is 0.254. The van der Waals surface area contributed by atoms with E-state index < -0.39 is 8.32 Å². The lowest BCUT2D eigenvalue weighted by atomic mass is 10.1. The van der Waals surface area contributed by atoms with Crippen LogP contribution in [0.15, 0.2) is 29.8 Å². The van der Waals surface area contributed by atoms with Gasteiger partial charge in [0.05, 0.1) is 5.56 Å². The monoisotopic (exact) mass is 390 g/mol. The Morgan fingerprint density at radius 2 is 1.48 bits per heavy atom. The van der Waals surface area contributed by atoms with Gasteiger partial charge >= 0.3 is 0 Å². The first-order valence-corrected chi connectivity index (χ1v) is 12.6. The number of methoxy groups -OCH3 is 1. The summed E-state index contributed by atoms with van der Waals surface area (Å²) in [5.41, 5.74) is 4.18. The Bertz CT molecular complexity index is 604. The van der Waals surface area contributed by atoms with Gasteiger partial charge in [0.2, 0.25) is 0 Å². The van der Waals surface area contributed by atoms with Gasteiger partial charge in [-0.05, 0) is 60.0 Å². The van der Waals surface area contributed by atoms with E-state index in [0.717, 1.165) is 29.9 Å². The highest BCUT2D eigenvalue weighted by Gasteiger charge is 2.48. The van der Waals surface area contributed by atoms with E-state index >= 15 is 0 Å². The van der Waals surface area contributed by atoms with Gasteiger partial charge in [-0.1, -0.05) is 53.7 Å². The van der Waals surface area contributed by atoms with Gasteiger partial charge in [0.15, 0.2) is 6.79 Å². The fraction of sp³-hybridized carbons (Fsp3) is 0.652. The highest BCUT2D eigenvalue weighted by atomic mass is 28.4. The minimum Gasteiger partial charge on any atom is -0.542 e. The summed E-state index contributed by atoms with van der Waals surface area (Å²) in [7, 11) is -0.383. The third-order valence-electron chi connectivity index (χ3n) is 5.98. The number of hydrogen-bond donors (Lipinski definition) is 0. The Labute approximate surface area is 167 Å². The fourth-order valence-electron chi connectivity index (χ4n) is 4.78. The lowest BCUT2D eigenvalue weighted by Crippen LogP contribution is -2.47. The third kappa shape index (κ3) is 4.78. The highest BCUT2D eigenvalue weighted by Crippen LogP contribution is 2.47. The normalized spacial score (nSPS) is 15.1. The minimum absolute atomic E-state index is 0.251. The summed E-state index contributed by atoms with van der Waals surface area (Å²) in [5.74, 6) is 1.95. The molecule has 0 amide bonds. The first-order valence-electron chi connectivity index (χ1n) is 10.5. The lowest BCUT2D eigenvalue weighted by molar-refractivity contribution is 0.0507. The molecule has 152 valence electrons. The van der Waals surface area contributed by atoms with Crippen molar-refractivity contribution in [3.05, 3.63) is 35.4 Å². The first kappa shape index (κ1) is 22.0. The second-order valence-electron chi connectivity index (χ2n) is 8.61. The first-order chi connectivity index (χ1) is 12.8. The van der Waals surface area contributed by atoms with E-state index in [2.05, 4.69) is 53.7 Å². The van der Waals surface area contributed by atoms with E-state index in [9.17, 15) is 0 Å². The molecule has 4 heteroatoms. The van der Waals surface area contributed by atoms with E-state index in [4.69, 9.17) is 13.9 Å². The zero-order valence-corrected chi connectivity index (χ0v) is 19.3. The molecule has 27 heavy (non-hydrogen) atoms. The molecule has 0 saturated heterocycles. The van der Waals surface area contributed by atoms with Crippen LogP contribution < -0.4 is 4.74 Å². The molecule has 1 aliphatic rings. The van der Waals surface area contributed by atoms with E-state index in [1.165, 1.54) is 18.4 Å². The van der Waals surface area contributed by atoms with E-state index in [1.54, 1.807) is 7.11 Å². The van der Waals surface area contributed by atoms with Crippen LogP contribution in [-0.4, -0.2) is 22.2 Å². The van der Waals surface area contributed by atoms with Crippen LogP contribution in [0.25, 0.3) is 5.76 Å². The van der Waals surface area contributed by atoms with Crippen LogP contribution in [0.2, 0.25) is 16.6 Å². The number of hydrogen-bond acceptors (Lipinski definition) is 3. The Morgan fingerprint density at radius 3 is 2.00 bits per heavy atom. The van der Waals surface area contributed by atoms with Gasteiger partial charge in [0.25, 0.3) is 8.32 Å². The number of rotatable bonds is 9. The van der Waals surface area contributed by atoms with Crippen LogP contribution in [0.3, 0.4) is 0 Å². The maximum absolute atomic E-state index is 7.21. The third-order valence-corrected chi connectivity index (χ3v) is 12.0. The zero-order chi connectivity index (χ0) is 20.0. The average molecular weight is 391 g/mol. The molecule has 0 unspecified atom stereocenters. The molecule has 0 N–H and O–H groups in total. The molecular weight excluding hydrogens is 352 g/mol. The smallest absolute Gasteiger partial charge is 0.258 e. The topological polar surface area (TPSA) is 27.7 Å². The molecular formula is C23H38O3Si. The summed E-state index contributed by atoms with van der Waals surface area (Å²) < 4.78 is 18.3. The van der Waals surface area contributed by atoms with Crippen LogP contribution >= 0.6 is 0 Å². The van der Waals surface area contributed by atoms with Crippen molar-refractivity contribution in [2.45, 2.75) is 83.8 Å². The molecule has 0 spiro atoms. The largest absolute Gasteiger partial charge is 0.542 e. The number of para-hydroxylation sites is 1. The van der Waals surface area contributed by atoms with Gasteiger partial charge < -0.3 is 13.9 Å². The van der Waals surface area contributed by atoms with Crippen molar-refractivity contribution < 1.29 is 13.9 Å². The van der Waals surface area contributed by atoms with Crippen LogP contribution in [0.5, 0.6) is 5.75 Å². The van der Waals surface area contributed by atoms with Gasteiger partial charge in [-0.2, -0.15) is 0 Å². The van der Waals surface area contributed by atoms with Gasteiger partial charge in [-0.15, -0.1) is 0 Å². The van der Waals surface area contributed by atoms with Crippen molar-refractivity contribution in [1.82, 2.24) is 0 Å². The molecule has 0 atom stereocenters. The highest BCUT2D eigenvalue weighted by molar-refractivity contribution is 6.78. The molecule has 1 saturated carbocycles. The standard InChI is InChI=1S/C23H38O3Si/c1-17(2)27(18(3)4,19(5)6)26-23(20-12-8-9-13-20)21-14-10-11-15-22(21)25-16-24-7/h10-11,14-15,17-19H,8-9,12-13,16H2,1-7H3. The Hall–Kier alpha value is -1.26. The Morgan fingerprint density at radius 1 is 0.926 bits per heavy atom. The van der Waals surface area contributed by atoms with Gasteiger partial charge in [0, 0.05) is 7.11 Å². The fourth-order valence-corrected chi connectivity index (χ4v) is 10.1. The molecule has 1 aromatic rings. The summed E-state index contributed by atoms with van der Waals surface area (Å²) in [4.78, 5) is 0. The number of allylic oxidation sites excluding steroid dienone is 1. The molecule has 3 nitrogen and oxygen atoms in total. The van der Waals surface area contributed by atoms with E-state index in [-0.39, 0.29) is 6.79 Å². The van der Waals surface area contributed by atoms with Crippen molar-refractivity contribution in [2.75, 3.05) is 13.9 Å². The zero-order valence-electron chi connectivity index (χ0n) is 18.3. The maximum atomic E-state index is 7.21. The molecule has 0 aliphatic heterocycles. The van der Waals surface area contributed by atoms with Crippen molar-refractivity contribution in [3.8, 4) is 5.75 Å². The Balaban J connectivity index is 2.56. The molecule has 0 radical (unpaired) electrons. The maximum Gasteiger partial charge on any atom is 0.258 e. The predicted molar refractivity (Wildman–Crippen MR) is 116 cm³/mol. The summed E-state index contributed by atoms with van der Waals surface area (Å²) in [6.45, 7) is 14.3. The predicted octanol–water partition coefficient (Wildman–Crippen LogP) is 7.15. The average Bonchev–Trinajstić information content (AvgIpc) is 3.15. The van der Waals surface area contributed by atoms with Gasteiger partial charge in [-0.25, -0.2) is 0 Å². The van der Waals surface area contributed by atoms with E-state index in [1.807, 2.05) is 12.1 Å². The molecule has 2 rings (SSSR count). The molecule has 0 heterocycles. The second kappa shape index (κ2) is 9.79. The summed E-state index contributed by atoms with van der Waals surface area (Å²) in [6.07, 6.45) is 4.77. The van der Waals surface area contributed by atoms with Gasteiger partial charge in [-0.3, -0.25) is 0 Å². The van der Waals surface area contributed by atoms with Crippen LogP contribution in [0.1, 0.15) is 72.8 Å². The van der Waals surface area contributed by atoms with Gasteiger partial charge in [0.1, 0.15) is 11.5 Å². The van der Waals surface area contributed by atoms with Crippen LogP contribution in [-0.2, 0) is 9.16 Å². The van der Waals surface area contributed by atoms with E-state index in [0.29, 0.717) is 16.6 Å². The SMILES string of the molecule is COCOc1ccccc1C(O[Si](C(C)C)(C(C)C)C(C)C)=C1CCCC1. The Kier molecular flexibility index (Phi) is 7.99. The minimum atomic E-state index is -2.04. The van der Waals surface area contributed by atoms with Crippen molar-refractivity contribution in [2.24, 2.45) is 0 Å². The molecule has 1 aliphatic carbocycles. The van der Waals surface area contributed by atoms with Crippen molar-refractivity contribution in [3.63, 3.8) is 0 Å².